The number of fused-ring (bicyclic) bond motifs is 2. The molecule has 33 heavy (non-hydrogen) atoms. The number of pyridine rings is 1. The molecule has 0 aliphatic carbocycles. The fraction of sp³-hybridized carbons (Fsp3) is 0.400. The van der Waals surface area contributed by atoms with Crippen LogP contribution in [-0.4, -0.2) is 66.6 Å². The van der Waals surface area contributed by atoms with Crippen molar-refractivity contribution in [3.8, 4) is 10.6 Å². The van der Waals surface area contributed by atoms with Gasteiger partial charge in [0.05, 0.1) is 41.4 Å². The highest BCUT2D eigenvalue weighted by atomic mass is 32.1. The number of aromatic nitrogens is 3. The van der Waals surface area contributed by atoms with Crippen LogP contribution in [0.4, 0.5) is 11.8 Å². The Morgan fingerprint density at radius 3 is 2.48 bits per heavy atom. The molecule has 0 bridgehead atoms. The molecule has 2 unspecified atom stereocenters. The number of rotatable bonds is 3. The quantitative estimate of drug-likeness (QED) is 0.449. The molecule has 0 N–H and O–H groups in total. The standard InChI is InChI=1S/C25H27N5O2S/c1-16-14-30(15-17(2)32-16)25-27-23-19(24(28-25)29-9-11-31-12-10-29)7-8-20(26-23)22-13-18-5-3-4-6-21(18)33-22/h3-8,13,16-17H,9-12,14-15H2,1-2H3. The van der Waals surface area contributed by atoms with E-state index in [0.29, 0.717) is 13.2 Å². The second kappa shape index (κ2) is 8.52. The van der Waals surface area contributed by atoms with Crippen LogP contribution in [0, 0.1) is 0 Å². The van der Waals surface area contributed by atoms with Crippen molar-refractivity contribution >= 4 is 44.2 Å². The first-order chi connectivity index (χ1) is 16.1. The Bertz CT molecular complexity index is 1260. The maximum absolute atomic E-state index is 5.94. The molecule has 2 fully saturated rings. The van der Waals surface area contributed by atoms with Gasteiger partial charge in [-0.05, 0) is 43.5 Å². The second-order valence-electron chi connectivity index (χ2n) is 8.83. The zero-order chi connectivity index (χ0) is 22.4. The topological polar surface area (TPSA) is 63.6 Å². The van der Waals surface area contributed by atoms with Crippen LogP contribution in [0.25, 0.3) is 31.7 Å². The number of hydrogen-bond acceptors (Lipinski definition) is 8. The molecule has 2 saturated heterocycles. The van der Waals surface area contributed by atoms with Crippen LogP contribution in [0.2, 0.25) is 0 Å². The summed E-state index contributed by atoms with van der Waals surface area (Å²) in [6.07, 6.45) is 0.274. The molecule has 6 rings (SSSR count). The van der Waals surface area contributed by atoms with E-state index in [-0.39, 0.29) is 12.2 Å². The van der Waals surface area contributed by atoms with E-state index in [9.17, 15) is 0 Å². The largest absolute Gasteiger partial charge is 0.378 e. The summed E-state index contributed by atoms with van der Waals surface area (Å²) in [5.41, 5.74) is 1.69. The molecule has 7 nitrogen and oxygen atoms in total. The van der Waals surface area contributed by atoms with Gasteiger partial charge in [0.25, 0.3) is 0 Å². The van der Waals surface area contributed by atoms with Crippen molar-refractivity contribution in [3.63, 3.8) is 0 Å². The molecule has 1 aromatic carbocycles. The zero-order valence-corrected chi connectivity index (χ0v) is 19.7. The molecular weight excluding hydrogens is 434 g/mol. The van der Waals surface area contributed by atoms with Crippen LogP contribution in [0.5, 0.6) is 0 Å². The molecule has 0 radical (unpaired) electrons. The van der Waals surface area contributed by atoms with E-state index >= 15 is 0 Å². The molecular formula is C25H27N5O2S. The lowest BCUT2D eigenvalue weighted by atomic mass is 10.2. The number of ether oxygens (including phenoxy) is 2. The lowest BCUT2D eigenvalue weighted by molar-refractivity contribution is -0.00570. The smallest absolute Gasteiger partial charge is 0.229 e. The summed E-state index contributed by atoms with van der Waals surface area (Å²) < 4.78 is 12.8. The van der Waals surface area contributed by atoms with Crippen LogP contribution in [-0.2, 0) is 9.47 Å². The molecule has 2 aliphatic heterocycles. The number of anilines is 2. The van der Waals surface area contributed by atoms with Crippen molar-refractivity contribution in [2.24, 2.45) is 0 Å². The molecule has 0 saturated carbocycles. The second-order valence-corrected chi connectivity index (χ2v) is 9.91. The Morgan fingerprint density at radius 1 is 0.909 bits per heavy atom. The zero-order valence-electron chi connectivity index (χ0n) is 18.9. The van der Waals surface area contributed by atoms with Gasteiger partial charge in [-0.15, -0.1) is 11.3 Å². The summed E-state index contributed by atoms with van der Waals surface area (Å²) in [6, 6.07) is 14.9. The third-order valence-corrected chi connectivity index (χ3v) is 7.36. The van der Waals surface area contributed by atoms with Crippen LogP contribution in [0.3, 0.4) is 0 Å². The molecule has 0 spiro atoms. The minimum atomic E-state index is 0.137. The molecule has 0 amide bonds. The summed E-state index contributed by atoms with van der Waals surface area (Å²) in [5, 5.41) is 2.23. The first-order valence-electron chi connectivity index (χ1n) is 11.5. The number of nitrogens with zero attached hydrogens (tertiary/aromatic N) is 5. The third kappa shape index (κ3) is 4.03. The van der Waals surface area contributed by atoms with Crippen LogP contribution < -0.4 is 9.80 Å². The Kier molecular flexibility index (Phi) is 5.36. The first-order valence-corrected chi connectivity index (χ1v) is 12.4. The van der Waals surface area contributed by atoms with Gasteiger partial charge < -0.3 is 19.3 Å². The molecule has 8 heteroatoms. The van der Waals surface area contributed by atoms with Gasteiger partial charge in [-0.25, -0.2) is 4.98 Å². The van der Waals surface area contributed by atoms with Crippen molar-refractivity contribution in [1.29, 1.82) is 0 Å². The Morgan fingerprint density at radius 2 is 1.70 bits per heavy atom. The van der Waals surface area contributed by atoms with E-state index in [2.05, 4.69) is 66.1 Å². The highest BCUT2D eigenvalue weighted by Crippen LogP contribution is 2.35. The maximum atomic E-state index is 5.94. The van der Waals surface area contributed by atoms with E-state index in [1.165, 1.54) is 10.1 Å². The molecule has 3 aromatic heterocycles. The number of morpholine rings is 2. The van der Waals surface area contributed by atoms with Gasteiger partial charge in [0.1, 0.15) is 5.82 Å². The van der Waals surface area contributed by atoms with E-state index in [1.807, 2.05) is 0 Å². The number of hydrogen-bond donors (Lipinski definition) is 0. The van der Waals surface area contributed by atoms with Crippen molar-refractivity contribution in [2.45, 2.75) is 26.1 Å². The minimum Gasteiger partial charge on any atom is -0.378 e. The van der Waals surface area contributed by atoms with Gasteiger partial charge >= 0.3 is 0 Å². The molecule has 2 atom stereocenters. The van der Waals surface area contributed by atoms with Crippen molar-refractivity contribution in [3.05, 3.63) is 42.5 Å². The minimum absolute atomic E-state index is 0.137. The van der Waals surface area contributed by atoms with Crippen LogP contribution >= 0.6 is 11.3 Å². The summed E-state index contributed by atoms with van der Waals surface area (Å²) in [4.78, 5) is 20.7. The Hall–Kier alpha value is -2.81. The maximum Gasteiger partial charge on any atom is 0.229 e. The fourth-order valence-electron chi connectivity index (χ4n) is 4.73. The van der Waals surface area contributed by atoms with Crippen molar-refractivity contribution < 1.29 is 9.47 Å². The van der Waals surface area contributed by atoms with Crippen molar-refractivity contribution in [1.82, 2.24) is 15.0 Å². The monoisotopic (exact) mass is 461 g/mol. The molecule has 5 heterocycles. The number of benzene rings is 1. The lowest BCUT2D eigenvalue weighted by Crippen LogP contribution is -2.46. The van der Waals surface area contributed by atoms with Crippen LogP contribution in [0.1, 0.15) is 13.8 Å². The summed E-state index contributed by atoms with van der Waals surface area (Å²) in [5.74, 6) is 1.67. The summed E-state index contributed by atoms with van der Waals surface area (Å²) in [7, 11) is 0. The van der Waals surface area contributed by atoms with Crippen molar-refractivity contribution in [2.75, 3.05) is 49.2 Å². The van der Waals surface area contributed by atoms with Gasteiger partial charge in [0.15, 0.2) is 5.65 Å². The average molecular weight is 462 g/mol. The van der Waals surface area contributed by atoms with E-state index in [0.717, 1.165) is 59.5 Å². The first kappa shape index (κ1) is 20.8. The predicted molar refractivity (Wildman–Crippen MR) is 133 cm³/mol. The Labute approximate surface area is 197 Å². The van der Waals surface area contributed by atoms with Gasteiger partial charge in [-0.1, -0.05) is 18.2 Å². The Balaban J connectivity index is 1.47. The average Bonchev–Trinajstić information content (AvgIpc) is 3.27. The molecule has 2 aliphatic rings. The number of thiophene rings is 1. The highest BCUT2D eigenvalue weighted by molar-refractivity contribution is 7.22. The van der Waals surface area contributed by atoms with Gasteiger partial charge in [0.2, 0.25) is 5.95 Å². The molecule has 4 aromatic rings. The van der Waals surface area contributed by atoms with E-state index in [1.54, 1.807) is 11.3 Å². The van der Waals surface area contributed by atoms with Gasteiger partial charge in [0, 0.05) is 30.9 Å². The van der Waals surface area contributed by atoms with Crippen LogP contribution in [0.15, 0.2) is 42.5 Å². The van der Waals surface area contributed by atoms with E-state index in [4.69, 9.17) is 24.4 Å². The predicted octanol–water partition coefficient (Wildman–Crippen LogP) is 4.36. The SMILES string of the molecule is CC1CN(c2nc(N3CCOCC3)c3ccc(-c4cc5ccccc5s4)nc3n2)CC(C)O1. The highest BCUT2D eigenvalue weighted by Gasteiger charge is 2.26. The van der Waals surface area contributed by atoms with E-state index < -0.39 is 0 Å². The van der Waals surface area contributed by atoms with Gasteiger partial charge in [-0.2, -0.15) is 9.97 Å². The molecule has 170 valence electrons. The lowest BCUT2D eigenvalue weighted by Gasteiger charge is -2.36. The third-order valence-electron chi connectivity index (χ3n) is 6.22. The fourth-order valence-corrected chi connectivity index (χ4v) is 5.76. The normalized spacial score (nSPS) is 21.8. The summed E-state index contributed by atoms with van der Waals surface area (Å²) >= 11 is 1.76. The van der Waals surface area contributed by atoms with Gasteiger partial charge in [-0.3, -0.25) is 0 Å². The summed E-state index contributed by atoms with van der Waals surface area (Å²) in [6.45, 7) is 8.80.